The molecular formula is C6H10O. The van der Waals surface area contributed by atoms with Crippen molar-refractivity contribution in [2.24, 2.45) is 5.92 Å². The largest absolute Gasteiger partial charge is 0.392 e. The van der Waals surface area contributed by atoms with E-state index < -0.39 is 0 Å². The molecule has 0 aromatic heterocycles. The summed E-state index contributed by atoms with van der Waals surface area (Å²) in [6, 6.07) is 0. The van der Waals surface area contributed by atoms with Crippen LogP contribution >= 0.6 is 0 Å². The maximum absolute atomic E-state index is 8.45. The van der Waals surface area contributed by atoms with Gasteiger partial charge in [0.15, 0.2) is 0 Å². The van der Waals surface area contributed by atoms with E-state index in [2.05, 4.69) is 6.58 Å². The van der Waals surface area contributed by atoms with Crippen molar-refractivity contribution in [2.75, 3.05) is 6.61 Å². The summed E-state index contributed by atoms with van der Waals surface area (Å²) in [7, 11) is 0. The van der Waals surface area contributed by atoms with E-state index >= 15 is 0 Å². The van der Waals surface area contributed by atoms with Gasteiger partial charge in [-0.15, -0.1) is 0 Å². The number of hydrogen-bond acceptors (Lipinski definition) is 1. The topological polar surface area (TPSA) is 20.2 Å². The molecule has 1 heteroatoms. The number of rotatable bonds is 2. The van der Waals surface area contributed by atoms with Gasteiger partial charge in [-0.1, -0.05) is 6.58 Å². The van der Waals surface area contributed by atoms with Crippen molar-refractivity contribution in [2.45, 2.75) is 12.8 Å². The molecule has 1 rings (SSSR count). The lowest BCUT2D eigenvalue weighted by atomic mass is 10.2. The highest BCUT2D eigenvalue weighted by Gasteiger charge is 2.23. The number of aliphatic hydroxyl groups is 1. The standard InChI is InChI=1S/C6H10O/c1-5(4-7)6-2-3-6/h6-7H,1-4H2. The normalized spacial score (nSPS) is 19.6. The van der Waals surface area contributed by atoms with Crippen LogP contribution < -0.4 is 0 Å². The Morgan fingerprint density at radius 1 is 1.71 bits per heavy atom. The maximum Gasteiger partial charge on any atom is 0.0641 e. The van der Waals surface area contributed by atoms with Crippen LogP contribution in [0.5, 0.6) is 0 Å². The highest BCUT2D eigenvalue weighted by molar-refractivity contribution is 5.06. The lowest BCUT2D eigenvalue weighted by Crippen LogP contribution is -1.87. The van der Waals surface area contributed by atoms with Crippen molar-refractivity contribution in [3.05, 3.63) is 12.2 Å². The van der Waals surface area contributed by atoms with Crippen LogP contribution in [0.25, 0.3) is 0 Å². The van der Waals surface area contributed by atoms with E-state index in [1.54, 1.807) is 0 Å². The van der Waals surface area contributed by atoms with E-state index in [1.807, 2.05) is 0 Å². The van der Waals surface area contributed by atoms with E-state index in [0.717, 1.165) is 5.57 Å². The Labute approximate surface area is 43.7 Å². The maximum atomic E-state index is 8.45. The van der Waals surface area contributed by atoms with Gasteiger partial charge in [-0.3, -0.25) is 0 Å². The summed E-state index contributed by atoms with van der Waals surface area (Å²) in [5.41, 5.74) is 1.01. The summed E-state index contributed by atoms with van der Waals surface area (Å²) in [6.45, 7) is 3.87. The van der Waals surface area contributed by atoms with Crippen molar-refractivity contribution >= 4 is 0 Å². The first-order valence-electron chi connectivity index (χ1n) is 2.63. The molecule has 7 heavy (non-hydrogen) atoms. The predicted octanol–water partition coefficient (Wildman–Crippen LogP) is 0.945. The minimum absolute atomic E-state index is 0.185. The molecule has 0 unspecified atom stereocenters. The third-order valence-electron chi connectivity index (χ3n) is 1.36. The Balaban J connectivity index is 2.24. The van der Waals surface area contributed by atoms with Crippen molar-refractivity contribution in [3.8, 4) is 0 Å². The van der Waals surface area contributed by atoms with Crippen molar-refractivity contribution in [1.82, 2.24) is 0 Å². The fourth-order valence-electron chi connectivity index (χ4n) is 0.621. The third kappa shape index (κ3) is 1.03. The molecule has 0 radical (unpaired) electrons. The molecule has 0 atom stereocenters. The molecule has 0 saturated heterocycles. The van der Waals surface area contributed by atoms with Gasteiger partial charge in [0.25, 0.3) is 0 Å². The summed E-state index contributed by atoms with van der Waals surface area (Å²) in [6.07, 6.45) is 2.50. The van der Waals surface area contributed by atoms with Gasteiger partial charge in [0.05, 0.1) is 6.61 Å². The summed E-state index contributed by atoms with van der Waals surface area (Å²) in [4.78, 5) is 0. The second kappa shape index (κ2) is 1.66. The molecule has 0 aromatic rings. The Morgan fingerprint density at radius 2 is 2.29 bits per heavy atom. The monoisotopic (exact) mass is 98.1 g/mol. The van der Waals surface area contributed by atoms with Gasteiger partial charge in [0.1, 0.15) is 0 Å². The lowest BCUT2D eigenvalue weighted by Gasteiger charge is -1.91. The van der Waals surface area contributed by atoms with Crippen LogP contribution in [0, 0.1) is 5.92 Å². The van der Waals surface area contributed by atoms with E-state index in [1.165, 1.54) is 12.8 Å². The third-order valence-corrected chi connectivity index (χ3v) is 1.36. The van der Waals surface area contributed by atoms with E-state index in [0.29, 0.717) is 5.92 Å². The highest BCUT2D eigenvalue weighted by Crippen LogP contribution is 2.34. The molecule has 0 amide bonds. The molecule has 0 bridgehead atoms. The van der Waals surface area contributed by atoms with Crippen LogP contribution in [-0.4, -0.2) is 11.7 Å². The minimum atomic E-state index is 0.185. The SMILES string of the molecule is C=C(CO)C1CC1. The average molecular weight is 98.1 g/mol. The molecule has 0 aliphatic heterocycles. The highest BCUT2D eigenvalue weighted by atomic mass is 16.3. The summed E-state index contributed by atoms with van der Waals surface area (Å²) in [5, 5.41) is 8.45. The van der Waals surface area contributed by atoms with Gasteiger partial charge in [-0.05, 0) is 24.3 Å². The molecule has 1 aliphatic carbocycles. The molecular weight excluding hydrogens is 88.1 g/mol. The molecule has 0 spiro atoms. The average Bonchev–Trinajstić information content (AvgIpc) is 2.44. The fraction of sp³-hybridized carbons (Fsp3) is 0.667. The first-order chi connectivity index (χ1) is 3.34. The Bertz CT molecular complexity index is 82.2. The minimum Gasteiger partial charge on any atom is -0.392 e. The molecule has 0 heterocycles. The van der Waals surface area contributed by atoms with Crippen LogP contribution in [0.3, 0.4) is 0 Å². The molecule has 1 aliphatic rings. The van der Waals surface area contributed by atoms with Crippen molar-refractivity contribution in [1.29, 1.82) is 0 Å². The van der Waals surface area contributed by atoms with E-state index in [9.17, 15) is 0 Å². The zero-order valence-corrected chi connectivity index (χ0v) is 4.35. The first-order valence-corrected chi connectivity index (χ1v) is 2.63. The Hall–Kier alpha value is -0.300. The molecule has 1 nitrogen and oxygen atoms in total. The zero-order chi connectivity index (χ0) is 5.28. The second-order valence-corrected chi connectivity index (χ2v) is 2.09. The molecule has 0 aromatic carbocycles. The van der Waals surface area contributed by atoms with Gasteiger partial charge in [0, 0.05) is 0 Å². The fourth-order valence-corrected chi connectivity index (χ4v) is 0.621. The van der Waals surface area contributed by atoms with Gasteiger partial charge < -0.3 is 5.11 Å². The van der Waals surface area contributed by atoms with Gasteiger partial charge in [-0.2, -0.15) is 0 Å². The zero-order valence-electron chi connectivity index (χ0n) is 4.35. The summed E-state index contributed by atoms with van der Waals surface area (Å²) >= 11 is 0. The smallest absolute Gasteiger partial charge is 0.0641 e. The molecule has 1 saturated carbocycles. The second-order valence-electron chi connectivity index (χ2n) is 2.09. The van der Waals surface area contributed by atoms with Crippen LogP contribution in [0.4, 0.5) is 0 Å². The quantitative estimate of drug-likeness (QED) is 0.510. The van der Waals surface area contributed by atoms with Crippen LogP contribution in [0.2, 0.25) is 0 Å². The molecule has 40 valence electrons. The Kier molecular flexibility index (Phi) is 1.15. The van der Waals surface area contributed by atoms with Gasteiger partial charge >= 0.3 is 0 Å². The van der Waals surface area contributed by atoms with E-state index in [4.69, 9.17) is 5.11 Å². The lowest BCUT2D eigenvalue weighted by molar-refractivity contribution is 0.325. The Morgan fingerprint density at radius 3 is 2.43 bits per heavy atom. The van der Waals surface area contributed by atoms with E-state index in [-0.39, 0.29) is 6.61 Å². The van der Waals surface area contributed by atoms with Crippen LogP contribution in [-0.2, 0) is 0 Å². The number of hydrogen-bond donors (Lipinski definition) is 1. The van der Waals surface area contributed by atoms with Crippen molar-refractivity contribution in [3.63, 3.8) is 0 Å². The predicted molar refractivity (Wildman–Crippen MR) is 28.9 cm³/mol. The van der Waals surface area contributed by atoms with Crippen LogP contribution in [0.15, 0.2) is 12.2 Å². The summed E-state index contributed by atoms with van der Waals surface area (Å²) < 4.78 is 0. The molecule has 1 fully saturated rings. The number of aliphatic hydroxyl groups excluding tert-OH is 1. The van der Waals surface area contributed by atoms with Gasteiger partial charge in [0.2, 0.25) is 0 Å². The first kappa shape index (κ1) is 4.85. The summed E-state index contributed by atoms with van der Waals surface area (Å²) in [5.74, 6) is 0.671. The van der Waals surface area contributed by atoms with Gasteiger partial charge in [-0.25, -0.2) is 0 Å². The molecule has 1 N–H and O–H groups in total. The van der Waals surface area contributed by atoms with Crippen molar-refractivity contribution < 1.29 is 5.11 Å². The van der Waals surface area contributed by atoms with Crippen LogP contribution in [0.1, 0.15) is 12.8 Å².